The predicted octanol–water partition coefficient (Wildman–Crippen LogP) is 3.72. The molecular weight excluding hydrogens is 388 g/mol. The number of carbonyl (C=O) groups is 1. The van der Waals surface area contributed by atoms with E-state index in [4.69, 9.17) is 4.42 Å². The monoisotopic (exact) mass is 402 g/mol. The van der Waals surface area contributed by atoms with Gasteiger partial charge in [0.1, 0.15) is 5.69 Å². The fourth-order valence-corrected chi connectivity index (χ4v) is 2.90. The summed E-state index contributed by atoms with van der Waals surface area (Å²) in [6, 6.07) is 15.8. The van der Waals surface area contributed by atoms with Crippen molar-refractivity contribution in [2.75, 3.05) is 5.32 Å². The van der Waals surface area contributed by atoms with Crippen LogP contribution in [0.4, 0.5) is 11.4 Å². The molecule has 2 aromatic carbocycles. The molecule has 0 atom stereocenters. The summed E-state index contributed by atoms with van der Waals surface area (Å²) in [7, 11) is 0. The zero-order chi connectivity index (χ0) is 21.3. The average molecular weight is 402 g/mol. The number of rotatable bonds is 4. The summed E-state index contributed by atoms with van der Waals surface area (Å²) < 4.78 is 5.29. The summed E-state index contributed by atoms with van der Waals surface area (Å²) in [5, 5.41) is 14.0. The quantitative estimate of drug-likeness (QED) is 0.407. The molecular formula is C21H14N4O5. The van der Waals surface area contributed by atoms with Crippen molar-refractivity contribution in [3.05, 3.63) is 92.5 Å². The van der Waals surface area contributed by atoms with Gasteiger partial charge in [-0.15, -0.1) is 0 Å². The van der Waals surface area contributed by atoms with Gasteiger partial charge in [-0.2, -0.15) is 4.98 Å². The molecule has 0 aliphatic heterocycles. The lowest BCUT2D eigenvalue weighted by atomic mass is 10.1. The van der Waals surface area contributed by atoms with Gasteiger partial charge in [-0.3, -0.25) is 14.9 Å². The van der Waals surface area contributed by atoms with Crippen LogP contribution in [0.25, 0.3) is 22.5 Å². The van der Waals surface area contributed by atoms with Gasteiger partial charge in [0.05, 0.1) is 16.0 Å². The maximum Gasteiger partial charge on any atom is 0.361 e. The number of nitro benzene ring substituents is 1. The van der Waals surface area contributed by atoms with Gasteiger partial charge >= 0.3 is 5.63 Å². The largest absolute Gasteiger partial charge is 0.402 e. The van der Waals surface area contributed by atoms with E-state index >= 15 is 0 Å². The van der Waals surface area contributed by atoms with Gasteiger partial charge in [-0.1, -0.05) is 30.3 Å². The number of non-ortho nitro benzene ring substituents is 1. The first kappa shape index (κ1) is 18.9. The number of hydrogen-bond donors (Lipinski definition) is 1. The molecule has 0 bridgehead atoms. The lowest BCUT2D eigenvalue weighted by Crippen LogP contribution is -2.18. The van der Waals surface area contributed by atoms with Crippen LogP contribution in [0.2, 0.25) is 0 Å². The highest BCUT2D eigenvalue weighted by Crippen LogP contribution is 2.25. The van der Waals surface area contributed by atoms with E-state index in [0.29, 0.717) is 22.2 Å². The number of fused-ring (bicyclic) bond motifs is 1. The van der Waals surface area contributed by atoms with Crippen LogP contribution in [-0.2, 0) is 0 Å². The topological polar surface area (TPSA) is 128 Å². The van der Waals surface area contributed by atoms with Crippen LogP contribution in [0.1, 0.15) is 16.1 Å². The van der Waals surface area contributed by atoms with E-state index in [1.54, 1.807) is 43.3 Å². The molecule has 148 valence electrons. The molecule has 0 unspecified atom stereocenters. The van der Waals surface area contributed by atoms with Crippen LogP contribution < -0.4 is 10.9 Å². The maximum absolute atomic E-state index is 12.4. The normalized spacial score (nSPS) is 10.7. The predicted molar refractivity (Wildman–Crippen MR) is 109 cm³/mol. The minimum Gasteiger partial charge on any atom is -0.402 e. The Balaban J connectivity index is 1.74. The number of nitro groups is 1. The molecule has 1 N–H and O–H groups in total. The minimum absolute atomic E-state index is 0.0201. The van der Waals surface area contributed by atoms with E-state index in [2.05, 4.69) is 15.3 Å². The molecule has 9 nitrogen and oxygen atoms in total. The van der Waals surface area contributed by atoms with Gasteiger partial charge in [0.2, 0.25) is 5.71 Å². The number of aromatic nitrogens is 2. The fourth-order valence-electron chi connectivity index (χ4n) is 2.90. The van der Waals surface area contributed by atoms with E-state index in [1.807, 2.05) is 0 Å². The highest BCUT2D eigenvalue weighted by atomic mass is 16.6. The summed E-state index contributed by atoms with van der Waals surface area (Å²) in [6.45, 7) is 1.69. The Kier molecular flexibility index (Phi) is 4.77. The molecule has 2 heterocycles. The van der Waals surface area contributed by atoms with Crippen LogP contribution in [0.3, 0.4) is 0 Å². The summed E-state index contributed by atoms with van der Waals surface area (Å²) >= 11 is 0. The second-order valence-electron chi connectivity index (χ2n) is 6.43. The van der Waals surface area contributed by atoms with Crippen molar-refractivity contribution in [3.8, 4) is 11.4 Å². The van der Waals surface area contributed by atoms with Crippen LogP contribution >= 0.6 is 0 Å². The Morgan fingerprint density at radius 2 is 1.83 bits per heavy atom. The fraction of sp³-hybridized carbons (Fsp3) is 0.0476. The van der Waals surface area contributed by atoms with Crippen molar-refractivity contribution >= 4 is 28.4 Å². The number of hydrogen-bond acceptors (Lipinski definition) is 7. The first-order chi connectivity index (χ1) is 14.4. The third-order valence-electron chi connectivity index (χ3n) is 4.40. The number of anilines is 1. The number of amides is 1. The molecule has 0 fully saturated rings. The van der Waals surface area contributed by atoms with E-state index in [1.165, 1.54) is 24.3 Å². The van der Waals surface area contributed by atoms with Crippen molar-refractivity contribution in [2.24, 2.45) is 0 Å². The lowest BCUT2D eigenvalue weighted by molar-refractivity contribution is -0.384. The Morgan fingerprint density at radius 3 is 2.57 bits per heavy atom. The highest BCUT2D eigenvalue weighted by molar-refractivity contribution is 6.04. The third kappa shape index (κ3) is 3.63. The van der Waals surface area contributed by atoms with Crippen LogP contribution in [0.5, 0.6) is 0 Å². The summed E-state index contributed by atoms with van der Waals surface area (Å²) in [5.41, 5.74) is 0.409. The molecule has 0 saturated heterocycles. The second-order valence-corrected chi connectivity index (χ2v) is 6.43. The number of carbonyl (C=O) groups excluding carboxylic acids is 1. The molecule has 9 heteroatoms. The molecule has 4 aromatic rings. The molecule has 0 aliphatic rings. The summed E-state index contributed by atoms with van der Waals surface area (Å²) in [4.78, 5) is 43.8. The summed E-state index contributed by atoms with van der Waals surface area (Å²) in [6.07, 6.45) is 0. The zero-order valence-electron chi connectivity index (χ0n) is 15.7. The Morgan fingerprint density at radius 1 is 1.07 bits per heavy atom. The van der Waals surface area contributed by atoms with Gasteiger partial charge in [-0.25, -0.2) is 9.78 Å². The molecule has 30 heavy (non-hydrogen) atoms. The molecule has 4 rings (SSSR count). The summed E-state index contributed by atoms with van der Waals surface area (Å²) in [5.74, 6) is -0.262. The van der Waals surface area contributed by atoms with Crippen molar-refractivity contribution in [2.45, 2.75) is 6.92 Å². The molecule has 1 amide bonds. The minimum atomic E-state index is -0.769. The molecule has 0 saturated carbocycles. The standard InChI is InChI=1S/C21H14N4O5/c1-12-16-11-17(23-19(26)13-6-3-2-4-7-13)21(27)30-20(16)24-18(22-12)14-8-5-9-15(10-14)25(28)29/h2-11H,1H3,(H,23,26). The van der Waals surface area contributed by atoms with Crippen molar-refractivity contribution in [1.82, 2.24) is 9.97 Å². The van der Waals surface area contributed by atoms with Crippen molar-refractivity contribution < 1.29 is 14.1 Å². The number of nitrogens with one attached hydrogen (secondary N) is 1. The molecule has 2 aromatic heterocycles. The van der Waals surface area contributed by atoms with Crippen molar-refractivity contribution in [1.29, 1.82) is 0 Å². The number of nitrogens with zero attached hydrogens (tertiary/aromatic N) is 3. The number of aryl methyl sites for hydroxylation is 1. The second kappa shape index (κ2) is 7.55. The van der Waals surface area contributed by atoms with Gasteiger partial charge in [0, 0.05) is 23.3 Å². The Bertz CT molecular complexity index is 1350. The third-order valence-corrected chi connectivity index (χ3v) is 4.40. The van der Waals surface area contributed by atoms with Gasteiger partial charge < -0.3 is 9.73 Å². The van der Waals surface area contributed by atoms with Gasteiger partial charge in [-0.05, 0) is 25.1 Å². The average Bonchev–Trinajstić information content (AvgIpc) is 2.75. The van der Waals surface area contributed by atoms with E-state index < -0.39 is 16.5 Å². The van der Waals surface area contributed by atoms with Crippen molar-refractivity contribution in [3.63, 3.8) is 0 Å². The maximum atomic E-state index is 12.4. The molecule has 0 aliphatic carbocycles. The lowest BCUT2D eigenvalue weighted by Gasteiger charge is -2.08. The first-order valence-corrected chi connectivity index (χ1v) is 8.86. The smallest absolute Gasteiger partial charge is 0.361 e. The Labute approximate surface area is 169 Å². The van der Waals surface area contributed by atoms with Crippen LogP contribution in [0, 0.1) is 17.0 Å². The SMILES string of the molecule is Cc1nc(-c2cccc([N+](=O)[O-])c2)nc2oc(=O)c(NC(=O)c3ccccc3)cc12. The number of benzene rings is 2. The highest BCUT2D eigenvalue weighted by Gasteiger charge is 2.16. The molecule has 0 radical (unpaired) electrons. The van der Waals surface area contributed by atoms with E-state index in [9.17, 15) is 19.7 Å². The Hall–Kier alpha value is -4.40. The molecule has 0 spiro atoms. The van der Waals surface area contributed by atoms with E-state index in [-0.39, 0.29) is 22.9 Å². The first-order valence-electron chi connectivity index (χ1n) is 8.86. The zero-order valence-corrected chi connectivity index (χ0v) is 15.7. The van der Waals surface area contributed by atoms with E-state index in [0.717, 1.165) is 0 Å². The van der Waals surface area contributed by atoms with Crippen LogP contribution in [0.15, 0.2) is 69.9 Å². The van der Waals surface area contributed by atoms with Gasteiger partial charge in [0.25, 0.3) is 11.6 Å². The van der Waals surface area contributed by atoms with Gasteiger partial charge in [0.15, 0.2) is 5.82 Å². The van der Waals surface area contributed by atoms with Crippen LogP contribution in [-0.4, -0.2) is 20.8 Å².